The summed E-state index contributed by atoms with van der Waals surface area (Å²) in [6.45, 7) is 3.26. The van der Waals surface area contributed by atoms with E-state index >= 15 is 0 Å². The fourth-order valence-corrected chi connectivity index (χ4v) is 2.70. The Bertz CT molecular complexity index is 412. The Morgan fingerprint density at radius 3 is 2.58 bits per heavy atom. The Hall–Kier alpha value is -1.36. The number of ether oxygens (including phenoxy) is 2. The van der Waals surface area contributed by atoms with Crippen LogP contribution in [0.4, 0.5) is 0 Å². The molecule has 1 aromatic rings. The van der Waals surface area contributed by atoms with Gasteiger partial charge in [0.1, 0.15) is 5.82 Å². The summed E-state index contributed by atoms with van der Waals surface area (Å²) >= 11 is 0. The summed E-state index contributed by atoms with van der Waals surface area (Å²) in [5, 5.41) is 0. The number of hydrogen-bond donors (Lipinski definition) is 1. The van der Waals surface area contributed by atoms with Gasteiger partial charge in [-0.2, -0.15) is 9.97 Å². The van der Waals surface area contributed by atoms with Crippen LogP contribution in [0.25, 0.3) is 0 Å². The minimum Gasteiger partial charge on any atom is -0.481 e. The second kappa shape index (κ2) is 6.70. The van der Waals surface area contributed by atoms with E-state index < -0.39 is 0 Å². The van der Waals surface area contributed by atoms with Crippen molar-refractivity contribution < 1.29 is 9.47 Å². The highest BCUT2D eigenvalue weighted by atomic mass is 16.5. The van der Waals surface area contributed by atoms with Crippen LogP contribution in [-0.2, 0) is 0 Å². The van der Waals surface area contributed by atoms with Crippen LogP contribution in [0.15, 0.2) is 6.07 Å². The number of rotatable bonds is 5. The van der Waals surface area contributed by atoms with Crippen molar-refractivity contribution in [3.63, 3.8) is 0 Å². The van der Waals surface area contributed by atoms with Crippen molar-refractivity contribution in [1.82, 2.24) is 9.97 Å². The molecule has 5 heteroatoms. The van der Waals surface area contributed by atoms with Crippen LogP contribution in [0.1, 0.15) is 31.5 Å². The SMILES string of the molecule is COc1cc(OCC2CCCCC2CN)nc(C)n1. The average molecular weight is 265 g/mol. The molecule has 2 rings (SSSR count). The summed E-state index contributed by atoms with van der Waals surface area (Å²) in [6.07, 6.45) is 4.98. The molecule has 0 saturated heterocycles. The van der Waals surface area contributed by atoms with Crippen LogP contribution >= 0.6 is 0 Å². The van der Waals surface area contributed by atoms with Crippen LogP contribution < -0.4 is 15.2 Å². The Labute approximate surface area is 114 Å². The lowest BCUT2D eigenvalue weighted by Gasteiger charge is -2.30. The molecule has 0 amide bonds. The molecule has 1 aliphatic rings. The fraction of sp³-hybridized carbons (Fsp3) is 0.714. The third-order valence-electron chi connectivity index (χ3n) is 3.81. The standard InChI is InChI=1S/C14H23N3O2/c1-10-16-13(18-2)7-14(17-10)19-9-12-6-4-3-5-11(12)8-15/h7,11-12H,3-6,8-9,15H2,1-2H3. The Morgan fingerprint density at radius 2 is 1.89 bits per heavy atom. The number of nitrogens with zero attached hydrogens (tertiary/aromatic N) is 2. The highest BCUT2D eigenvalue weighted by molar-refractivity contribution is 5.20. The van der Waals surface area contributed by atoms with Crippen LogP contribution in [0.2, 0.25) is 0 Å². The number of aryl methyl sites for hydroxylation is 1. The molecule has 19 heavy (non-hydrogen) atoms. The lowest BCUT2D eigenvalue weighted by atomic mass is 9.80. The molecule has 1 aromatic heterocycles. The Morgan fingerprint density at radius 1 is 1.21 bits per heavy atom. The van der Waals surface area contributed by atoms with E-state index in [1.165, 1.54) is 25.7 Å². The summed E-state index contributed by atoms with van der Waals surface area (Å²) < 4.78 is 10.9. The third-order valence-corrected chi connectivity index (χ3v) is 3.81. The molecule has 2 N–H and O–H groups in total. The van der Waals surface area contributed by atoms with Gasteiger partial charge in [0.25, 0.3) is 0 Å². The van der Waals surface area contributed by atoms with Gasteiger partial charge in [-0.15, -0.1) is 0 Å². The molecule has 1 aliphatic carbocycles. The van der Waals surface area contributed by atoms with Crippen molar-refractivity contribution in [2.24, 2.45) is 17.6 Å². The molecule has 0 spiro atoms. The van der Waals surface area contributed by atoms with E-state index in [2.05, 4.69) is 9.97 Å². The van der Waals surface area contributed by atoms with Gasteiger partial charge in [0.2, 0.25) is 11.8 Å². The minimum atomic E-state index is 0.542. The van der Waals surface area contributed by atoms with Crippen LogP contribution in [0.3, 0.4) is 0 Å². The maximum absolute atomic E-state index is 5.83. The van der Waals surface area contributed by atoms with Crippen LogP contribution in [0.5, 0.6) is 11.8 Å². The van der Waals surface area contributed by atoms with E-state index in [-0.39, 0.29) is 0 Å². The topological polar surface area (TPSA) is 70.3 Å². The first-order chi connectivity index (χ1) is 9.22. The summed E-state index contributed by atoms with van der Waals surface area (Å²) in [4.78, 5) is 8.42. The van der Waals surface area contributed by atoms with Gasteiger partial charge in [-0.1, -0.05) is 12.8 Å². The average Bonchev–Trinajstić information content (AvgIpc) is 2.44. The second-order valence-electron chi connectivity index (χ2n) is 5.15. The quantitative estimate of drug-likeness (QED) is 0.881. The summed E-state index contributed by atoms with van der Waals surface area (Å²) in [7, 11) is 1.59. The molecular weight excluding hydrogens is 242 g/mol. The molecule has 5 nitrogen and oxygen atoms in total. The van der Waals surface area contributed by atoms with E-state index in [4.69, 9.17) is 15.2 Å². The highest BCUT2D eigenvalue weighted by Gasteiger charge is 2.24. The molecule has 0 bridgehead atoms. The van der Waals surface area contributed by atoms with E-state index in [1.807, 2.05) is 6.92 Å². The maximum Gasteiger partial charge on any atom is 0.220 e. The number of aromatic nitrogens is 2. The Kier molecular flexibility index (Phi) is 4.96. The zero-order valence-electron chi connectivity index (χ0n) is 11.8. The summed E-state index contributed by atoms with van der Waals surface area (Å²) in [5.41, 5.74) is 5.83. The van der Waals surface area contributed by atoms with Gasteiger partial charge in [0, 0.05) is 0 Å². The van der Waals surface area contributed by atoms with Gasteiger partial charge in [0.15, 0.2) is 0 Å². The van der Waals surface area contributed by atoms with Crippen LogP contribution in [0, 0.1) is 18.8 Å². The van der Waals surface area contributed by atoms with Crippen molar-refractivity contribution in [3.8, 4) is 11.8 Å². The van der Waals surface area contributed by atoms with Gasteiger partial charge in [-0.3, -0.25) is 0 Å². The molecule has 2 atom stereocenters. The number of hydrogen-bond acceptors (Lipinski definition) is 5. The van der Waals surface area contributed by atoms with E-state index in [0.29, 0.717) is 36.0 Å². The largest absolute Gasteiger partial charge is 0.481 e. The molecular formula is C14H23N3O2. The Balaban J connectivity index is 1.95. The third kappa shape index (κ3) is 3.80. The van der Waals surface area contributed by atoms with E-state index in [1.54, 1.807) is 13.2 Å². The van der Waals surface area contributed by atoms with Crippen LogP contribution in [-0.4, -0.2) is 30.2 Å². The highest BCUT2D eigenvalue weighted by Crippen LogP contribution is 2.29. The molecule has 1 heterocycles. The molecule has 0 aliphatic heterocycles. The predicted molar refractivity (Wildman–Crippen MR) is 73.3 cm³/mol. The monoisotopic (exact) mass is 265 g/mol. The zero-order chi connectivity index (χ0) is 13.7. The first-order valence-corrected chi connectivity index (χ1v) is 6.95. The summed E-state index contributed by atoms with van der Waals surface area (Å²) in [5.74, 6) is 2.92. The minimum absolute atomic E-state index is 0.542. The molecule has 1 fully saturated rings. The molecule has 2 unspecified atom stereocenters. The smallest absolute Gasteiger partial charge is 0.220 e. The van der Waals surface area contributed by atoms with Gasteiger partial charge in [-0.05, 0) is 38.1 Å². The van der Waals surface area contributed by atoms with E-state index in [9.17, 15) is 0 Å². The van der Waals surface area contributed by atoms with Crippen molar-refractivity contribution >= 4 is 0 Å². The fourth-order valence-electron chi connectivity index (χ4n) is 2.70. The lowest BCUT2D eigenvalue weighted by molar-refractivity contribution is 0.149. The predicted octanol–water partition coefficient (Wildman–Crippen LogP) is 1.94. The summed E-state index contributed by atoms with van der Waals surface area (Å²) in [6, 6.07) is 1.73. The maximum atomic E-state index is 5.83. The van der Waals surface area contributed by atoms with Crippen molar-refractivity contribution in [1.29, 1.82) is 0 Å². The van der Waals surface area contributed by atoms with Crippen molar-refractivity contribution in [2.45, 2.75) is 32.6 Å². The number of nitrogens with two attached hydrogens (primary N) is 1. The molecule has 0 aromatic carbocycles. The first-order valence-electron chi connectivity index (χ1n) is 6.95. The number of methoxy groups -OCH3 is 1. The normalized spacial score (nSPS) is 23.1. The zero-order valence-corrected chi connectivity index (χ0v) is 11.8. The molecule has 106 valence electrons. The van der Waals surface area contributed by atoms with Crippen molar-refractivity contribution in [3.05, 3.63) is 11.9 Å². The van der Waals surface area contributed by atoms with Crippen molar-refractivity contribution in [2.75, 3.05) is 20.3 Å². The van der Waals surface area contributed by atoms with Gasteiger partial charge in [-0.25, -0.2) is 0 Å². The second-order valence-corrected chi connectivity index (χ2v) is 5.15. The molecule has 1 saturated carbocycles. The van der Waals surface area contributed by atoms with Gasteiger partial charge < -0.3 is 15.2 Å². The van der Waals surface area contributed by atoms with Gasteiger partial charge >= 0.3 is 0 Å². The van der Waals surface area contributed by atoms with E-state index in [0.717, 1.165) is 6.54 Å². The lowest BCUT2D eigenvalue weighted by Crippen LogP contribution is -2.30. The molecule has 0 radical (unpaired) electrons. The first kappa shape index (κ1) is 14.1. The van der Waals surface area contributed by atoms with Gasteiger partial charge in [0.05, 0.1) is 19.8 Å².